The van der Waals surface area contributed by atoms with Crippen LogP contribution in [0.25, 0.3) is 10.2 Å². The van der Waals surface area contributed by atoms with Crippen molar-refractivity contribution in [3.63, 3.8) is 0 Å². The van der Waals surface area contributed by atoms with Crippen LogP contribution in [0.4, 0.5) is 5.95 Å². The van der Waals surface area contributed by atoms with E-state index in [-0.39, 0.29) is 46.1 Å². The maximum Gasteiger partial charge on any atom is 0.328 e. The Labute approximate surface area is 245 Å². The molecule has 1 saturated heterocycles. The molecule has 0 bridgehead atoms. The Morgan fingerprint density at radius 1 is 1.26 bits per heavy atom. The molecule has 2 atom stereocenters. The van der Waals surface area contributed by atoms with Crippen molar-refractivity contribution >= 4 is 39.4 Å². The second-order valence-electron chi connectivity index (χ2n) is 10.2. The Bertz CT molecular complexity index is 1730. The summed E-state index contributed by atoms with van der Waals surface area (Å²) >= 11 is 1.10. The van der Waals surface area contributed by atoms with Gasteiger partial charge in [0.25, 0.3) is 11.5 Å². The zero-order chi connectivity index (χ0) is 29.8. The minimum absolute atomic E-state index is 0.0838. The fourth-order valence-corrected chi connectivity index (χ4v) is 6.03. The number of amides is 1. The van der Waals surface area contributed by atoms with Gasteiger partial charge in [-0.2, -0.15) is 5.26 Å². The van der Waals surface area contributed by atoms with Gasteiger partial charge in [-0.25, -0.2) is 9.78 Å². The number of carbonyl (C=O) groups is 2. The van der Waals surface area contributed by atoms with Crippen molar-refractivity contribution < 1.29 is 19.4 Å². The predicted octanol–water partition coefficient (Wildman–Crippen LogP) is 2.53. The summed E-state index contributed by atoms with van der Waals surface area (Å²) < 4.78 is 6.75. The molecule has 1 aliphatic rings. The van der Waals surface area contributed by atoms with E-state index in [4.69, 9.17) is 15.5 Å². The molecular weight excluding hydrogens is 556 g/mol. The zero-order valence-electron chi connectivity index (χ0n) is 22.9. The van der Waals surface area contributed by atoms with E-state index in [0.717, 1.165) is 24.2 Å². The van der Waals surface area contributed by atoms with E-state index in [0.29, 0.717) is 35.7 Å². The molecule has 11 nitrogen and oxygen atoms in total. The van der Waals surface area contributed by atoms with E-state index in [9.17, 15) is 24.8 Å². The molecule has 2 aromatic heterocycles. The zero-order valence-corrected chi connectivity index (χ0v) is 23.8. The summed E-state index contributed by atoms with van der Waals surface area (Å²) in [7, 11) is 1.24. The third-order valence-corrected chi connectivity index (χ3v) is 8.23. The number of phenolic OH excluding ortho intramolecular Hbond substituents is 1. The smallest absolute Gasteiger partial charge is 0.328 e. The van der Waals surface area contributed by atoms with Gasteiger partial charge in [0.15, 0.2) is 0 Å². The number of nitrogens with one attached hydrogen (secondary N) is 1. The highest BCUT2D eigenvalue weighted by atomic mass is 32.1. The third kappa shape index (κ3) is 5.97. The van der Waals surface area contributed by atoms with Gasteiger partial charge < -0.3 is 25.8 Å². The normalized spacial score (nSPS) is 15.6. The van der Waals surface area contributed by atoms with Crippen molar-refractivity contribution in [2.24, 2.45) is 5.73 Å². The van der Waals surface area contributed by atoms with E-state index < -0.39 is 17.9 Å². The molecule has 1 fully saturated rings. The van der Waals surface area contributed by atoms with Gasteiger partial charge in [-0.05, 0) is 42.2 Å². The van der Waals surface area contributed by atoms with Gasteiger partial charge in [-0.15, -0.1) is 11.3 Å². The van der Waals surface area contributed by atoms with E-state index in [2.05, 4.69) is 11.4 Å². The van der Waals surface area contributed by atoms with Crippen LogP contribution in [0.2, 0.25) is 0 Å². The Hall–Kier alpha value is -4.73. The lowest BCUT2D eigenvalue weighted by atomic mass is 10.1. The molecule has 4 N–H and O–H groups in total. The van der Waals surface area contributed by atoms with Crippen molar-refractivity contribution in [3.05, 3.63) is 86.5 Å². The average Bonchev–Trinajstić information content (AvgIpc) is 3.43. The number of esters is 1. The number of hydrogen-bond donors (Lipinski definition) is 3. The molecule has 0 saturated carbocycles. The first-order valence-corrected chi connectivity index (χ1v) is 14.3. The van der Waals surface area contributed by atoms with Crippen LogP contribution in [0.5, 0.6) is 5.75 Å². The van der Waals surface area contributed by atoms with Crippen LogP contribution in [-0.4, -0.2) is 58.8 Å². The average molecular weight is 587 g/mol. The summed E-state index contributed by atoms with van der Waals surface area (Å²) in [6.45, 7) is 1.25. The summed E-state index contributed by atoms with van der Waals surface area (Å²) in [4.78, 5) is 46.8. The van der Waals surface area contributed by atoms with Gasteiger partial charge in [0.1, 0.15) is 22.0 Å². The van der Waals surface area contributed by atoms with Crippen LogP contribution < -0.4 is 21.5 Å². The number of piperidine rings is 1. The fourth-order valence-electron chi connectivity index (χ4n) is 5.10. The number of fused-ring (bicyclic) bond motifs is 1. The standard InChI is InChI=1S/C30H30N6O5S/c1-41-29(40)24(13-18-8-10-22(37)11-9-18)33-27(38)23-17-42-26-25(23)34-30(35-12-4-7-21(32)16-35)36(28(26)39)15-20-6-3-2-5-19(20)14-31/h2-3,5-6,8-11,17,21,24,37H,4,7,12-13,15-16,32H2,1H3,(H,33,38)/t21-,24?/m1/s1. The second-order valence-corrected chi connectivity index (χ2v) is 11.0. The number of aromatic hydroxyl groups is 1. The third-order valence-electron chi connectivity index (χ3n) is 7.28. The minimum Gasteiger partial charge on any atom is -0.508 e. The monoisotopic (exact) mass is 586 g/mol. The number of aromatic nitrogens is 2. The predicted molar refractivity (Wildman–Crippen MR) is 159 cm³/mol. The van der Waals surface area contributed by atoms with Crippen LogP contribution >= 0.6 is 11.3 Å². The molecule has 12 heteroatoms. The summed E-state index contributed by atoms with van der Waals surface area (Å²) in [6.07, 6.45) is 1.80. The maximum absolute atomic E-state index is 13.9. The summed E-state index contributed by atoms with van der Waals surface area (Å²) in [5, 5.41) is 23.5. The molecule has 0 spiro atoms. The number of phenols is 1. The van der Waals surface area contributed by atoms with Crippen LogP contribution in [0.3, 0.4) is 0 Å². The highest BCUT2D eigenvalue weighted by Gasteiger charge is 2.28. The van der Waals surface area contributed by atoms with Gasteiger partial charge in [-0.3, -0.25) is 14.2 Å². The number of nitrogens with two attached hydrogens (primary N) is 1. The lowest BCUT2D eigenvalue weighted by molar-refractivity contribution is -0.142. The number of methoxy groups -OCH3 is 1. The molecule has 1 unspecified atom stereocenters. The number of nitrogens with zero attached hydrogens (tertiary/aromatic N) is 4. The van der Waals surface area contributed by atoms with Crippen LogP contribution in [0, 0.1) is 11.3 Å². The van der Waals surface area contributed by atoms with Crippen molar-refractivity contribution in [2.75, 3.05) is 25.1 Å². The molecule has 5 rings (SSSR count). The minimum atomic E-state index is -1.01. The number of benzene rings is 2. The molecule has 4 aromatic rings. The van der Waals surface area contributed by atoms with Gasteiger partial charge >= 0.3 is 5.97 Å². The van der Waals surface area contributed by atoms with Crippen LogP contribution in [0.1, 0.15) is 39.9 Å². The quantitative estimate of drug-likeness (QED) is 0.263. The number of anilines is 1. The Kier molecular flexibility index (Phi) is 8.51. The van der Waals surface area contributed by atoms with E-state index >= 15 is 0 Å². The number of hydrogen-bond acceptors (Lipinski definition) is 10. The Morgan fingerprint density at radius 3 is 2.74 bits per heavy atom. The Balaban J connectivity index is 1.54. The lowest BCUT2D eigenvalue weighted by Gasteiger charge is -2.33. The van der Waals surface area contributed by atoms with Crippen LogP contribution in [-0.2, 0) is 22.5 Å². The van der Waals surface area contributed by atoms with Gasteiger partial charge in [-0.1, -0.05) is 30.3 Å². The van der Waals surface area contributed by atoms with Gasteiger partial charge in [0.2, 0.25) is 5.95 Å². The van der Waals surface area contributed by atoms with E-state index in [1.54, 1.807) is 35.7 Å². The second kappa shape index (κ2) is 12.4. The van der Waals surface area contributed by atoms with E-state index in [1.807, 2.05) is 11.0 Å². The van der Waals surface area contributed by atoms with Crippen molar-refractivity contribution in [3.8, 4) is 11.8 Å². The van der Waals surface area contributed by atoms with Gasteiger partial charge in [0, 0.05) is 30.9 Å². The van der Waals surface area contributed by atoms with E-state index in [1.165, 1.54) is 23.8 Å². The number of carbonyl (C=O) groups excluding carboxylic acids is 2. The molecule has 0 aliphatic carbocycles. The molecule has 0 radical (unpaired) electrons. The number of thiophene rings is 1. The summed E-state index contributed by atoms with van der Waals surface area (Å²) in [6, 6.07) is 14.5. The summed E-state index contributed by atoms with van der Waals surface area (Å²) in [5.74, 6) is -0.751. The number of nitriles is 1. The van der Waals surface area contributed by atoms with Gasteiger partial charge in [0.05, 0.1) is 30.9 Å². The highest BCUT2D eigenvalue weighted by Crippen LogP contribution is 2.27. The largest absolute Gasteiger partial charge is 0.508 e. The van der Waals surface area contributed by atoms with Crippen molar-refractivity contribution in [2.45, 2.75) is 37.9 Å². The first kappa shape index (κ1) is 28.8. The molecule has 42 heavy (non-hydrogen) atoms. The maximum atomic E-state index is 13.9. The molecule has 3 heterocycles. The summed E-state index contributed by atoms with van der Waals surface area (Å²) in [5.41, 5.74) is 8.17. The number of rotatable bonds is 8. The molecule has 1 amide bonds. The van der Waals surface area contributed by atoms with Crippen molar-refractivity contribution in [1.82, 2.24) is 14.9 Å². The lowest BCUT2D eigenvalue weighted by Crippen LogP contribution is -2.45. The fraction of sp³-hybridized carbons (Fsp3) is 0.300. The Morgan fingerprint density at radius 2 is 2.02 bits per heavy atom. The highest BCUT2D eigenvalue weighted by molar-refractivity contribution is 7.17. The first-order valence-electron chi connectivity index (χ1n) is 13.5. The molecule has 2 aromatic carbocycles. The molecule has 1 aliphatic heterocycles. The number of ether oxygens (including phenoxy) is 1. The topological polar surface area (TPSA) is 164 Å². The SMILES string of the molecule is COC(=O)C(Cc1ccc(O)cc1)NC(=O)c1csc2c(=O)n(Cc3ccccc3C#N)c(N3CCC[C@@H](N)C3)nc12. The first-order chi connectivity index (χ1) is 20.3. The van der Waals surface area contributed by atoms with Crippen molar-refractivity contribution in [1.29, 1.82) is 5.26 Å². The molecule has 216 valence electrons. The van der Waals surface area contributed by atoms with Crippen LogP contribution in [0.15, 0.2) is 58.7 Å². The molecular formula is C30H30N6O5S.